The van der Waals surface area contributed by atoms with Gasteiger partial charge in [0.05, 0.1) is 29.5 Å². The Bertz CT molecular complexity index is 1220. The summed E-state index contributed by atoms with van der Waals surface area (Å²) >= 11 is 0. The van der Waals surface area contributed by atoms with Gasteiger partial charge in [-0.1, -0.05) is 0 Å². The number of hydrogen-bond donors (Lipinski definition) is 2. The zero-order valence-corrected chi connectivity index (χ0v) is 17.9. The third kappa shape index (κ3) is 4.64. The summed E-state index contributed by atoms with van der Waals surface area (Å²) in [6, 6.07) is 13.0. The molecule has 0 bridgehead atoms. The Morgan fingerprint density at radius 1 is 1.03 bits per heavy atom. The molecule has 10 heteroatoms. The van der Waals surface area contributed by atoms with E-state index in [-0.39, 0.29) is 10.8 Å². The number of benzene rings is 2. The van der Waals surface area contributed by atoms with Gasteiger partial charge in [0.1, 0.15) is 5.82 Å². The highest BCUT2D eigenvalue weighted by Gasteiger charge is 2.19. The van der Waals surface area contributed by atoms with E-state index in [1.54, 1.807) is 41.1 Å². The van der Waals surface area contributed by atoms with E-state index in [0.29, 0.717) is 41.9 Å². The van der Waals surface area contributed by atoms with Crippen molar-refractivity contribution in [3.63, 3.8) is 0 Å². The number of sulfonamides is 1. The molecule has 0 unspecified atom stereocenters. The molecule has 0 spiro atoms. The average molecular weight is 442 g/mol. The van der Waals surface area contributed by atoms with Gasteiger partial charge in [0.25, 0.3) is 10.0 Å². The molecule has 0 radical (unpaired) electrons. The summed E-state index contributed by atoms with van der Waals surface area (Å²) in [5.74, 6) is 1.27. The molecule has 9 nitrogen and oxygen atoms in total. The van der Waals surface area contributed by atoms with E-state index in [1.165, 1.54) is 19.1 Å². The first-order valence-electron chi connectivity index (χ1n) is 9.69. The van der Waals surface area contributed by atoms with Crippen molar-refractivity contribution >= 4 is 27.4 Å². The molecule has 2 N–H and O–H groups in total. The Morgan fingerprint density at radius 2 is 1.74 bits per heavy atom. The predicted octanol–water partition coefficient (Wildman–Crippen LogP) is 3.10. The number of ether oxygens (including phenoxy) is 2. The van der Waals surface area contributed by atoms with E-state index in [2.05, 4.69) is 15.1 Å². The van der Waals surface area contributed by atoms with E-state index in [1.807, 2.05) is 6.92 Å². The van der Waals surface area contributed by atoms with Crippen LogP contribution in [0.15, 0.2) is 53.4 Å². The maximum atomic E-state index is 12.8. The van der Waals surface area contributed by atoms with Gasteiger partial charge in [0.15, 0.2) is 11.5 Å². The third-order valence-electron chi connectivity index (χ3n) is 4.53. The van der Waals surface area contributed by atoms with Gasteiger partial charge in [0.2, 0.25) is 5.91 Å². The molecule has 3 aromatic rings. The van der Waals surface area contributed by atoms with Crippen LogP contribution in [0.4, 0.5) is 11.5 Å². The van der Waals surface area contributed by atoms with Gasteiger partial charge in [-0.15, -0.1) is 0 Å². The van der Waals surface area contributed by atoms with Crippen molar-refractivity contribution in [2.75, 3.05) is 23.3 Å². The minimum absolute atomic E-state index is 0.0801. The lowest BCUT2D eigenvalue weighted by Crippen LogP contribution is -2.13. The van der Waals surface area contributed by atoms with Gasteiger partial charge in [-0.3, -0.25) is 9.52 Å². The molecule has 0 fully saturated rings. The fraction of sp³-hybridized carbons (Fsp3) is 0.238. The molecule has 1 amide bonds. The second kappa shape index (κ2) is 8.31. The molecule has 31 heavy (non-hydrogen) atoms. The zero-order valence-electron chi connectivity index (χ0n) is 17.1. The highest BCUT2D eigenvalue weighted by molar-refractivity contribution is 7.92. The summed E-state index contributed by atoms with van der Waals surface area (Å²) < 4.78 is 40.9. The fourth-order valence-electron chi connectivity index (χ4n) is 3.16. The van der Waals surface area contributed by atoms with Crippen molar-refractivity contribution in [3.8, 4) is 17.2 Å². The number of anilines is 2. The topological polar surface area (TPSA) is 112 Å². The van der Waals surface area contributed by atoms with E-state index in [0.717, 1.165) is 12.1 Å². The van der Waals surface area contributed by atoms with E-state index in [9.17, 15) is 13.2 Å². The Kier molecular flexibility index (Phi) is 5.55. The number of amides is 1. The van der Waals surface area contributed by atoms with Crippen molar-refractivity contribution < 1.29 is 22.7 Å². The van der Waals surface area contributed by atoms with E-state index >= 15 is 0 Å². The summed E-state index contributed by atoms with van der Waals surface area (Å²) in [5.41, 5.74) is 1.80. The number of rotatable bonds is 5. The van der Waals surface area contributed by atoms with Crippen molar-refractivity contribution in [1.29, 1.82) is 0 Å². The predicted molar refractivity (Wildman–Crippen MR) is 115 cm³/mol. The molecule has 4 rings (SSSR count). The zero-order chi connectivity index (χ0) is 22.0. The smallest absolute Gasteiger partial charge is 0.262 e. The summed E-state index contributed by atoms with van der Waals surface area (Å²) in [7, 11) is -3.82. The van der Waals surface area contributed by atoms with Crippen LogP contribution in [0.3, 0.4) is 0 Å². The van der Waals surface area contributed by atoms with Gasteiger partial charge < -0.3 is 14.8 Å². The van der Waals surface area contributed by atoms with Gasteiger partial charge in [-0.25, -0.2) is 13.1 Å². The monoisotopic (exact) mass is 442 g/mol. The van der Waals surface area contributed by atoms with Gasteiger partial charge in [-0.05, 0) is 43.3 Å². The van der Waals surface area contributed by atoms with Crippen molar-refractivity contribution in [2.24, 2.45) is 0 Å². The lowest BCUT2D eigenvalue weighted by atomic mass is 10.3. The molecule has 1 aliphatic heterocycles. The number of fused-ring (bicyclic) bond motifs is 1. The number of aromatic nitrogens is 2. The number of nitrogens with one attached hydrogen (secondary N) is 2. The standard InChI is InChI=1S/C21H22N4O5S/c1-14-12-21(22-15(2)26)25(23-14)17-6-4-16(5-7-17)24-31(27,28)18-8-9-19-20(13-18)30-11-3-10-29-19/h4-9,12-13,24H,3,10-11H2,1-2H3,(H,22,26). The lowest BCUT2D eigenvalue weighted by Gasteiger charge is -2.12. The minimum atomic E-state index is -3.82. The minimum Gasteiger partial charge on any atom is -0.490 e. The Balaban J connectivity index is 1.55. The first kappa shape index (κ1) is 20.7. The van der Waals surface area contributed by atoms with Crippen LogP contribution in [0.1, 0.15) is 19.0 Å². The fourth-order valence-corrected chi connectivity index (χ4v) is 4.23. The number of aryl methyl sites for hydroxylation is 1. The highest BCUT2D eigenvalue weighted by atomic mass is 32.2. The molecule has 2 aromatic carbocycles. The lowest BCUT2D eigenvalue weighted by molar-refractivity contribution is -0.114. The van der Waals surface area contributed by atoms with Crippen LogP contribution in [-0.2, 0) is 14.8 Å². The molecule has 0 saturated carbocycles. The van der Waals surface area contributed by atoms with Crippen LogP contribution in [0, 0.1) is 6.92 Å². The van der Waals surface area contributed by atoms with E-state index < -0.39 is 10.0 Å². The van der Waals surface area contributed by atoms with Gasteiger partial charge in [-0.2, -0.15) is 5.10 Å². The molecular weight excluding hydrogens is 420 g/mol. The first-order valence-corrected chi connectivity index (χ1v) is 11.2. The maximum absolute atomic E-state index is 12.8. The van der Waals surface area contributed by atoms with Crippen LogP contribution in [0.25, 0.3) is 5.69 Å². The molecule has 0 saturated heterocycles. The van der Waals surface area contributed by atoms with Crippen LogP contribution in [-0.4, -0.2) is 37.3 Å². The van der Waals surface area contributed by atoms with Crippen LogP contribution >= 0.6 is 0 Å². The maximum Gasteiger partial charge on any atom is 0.262 e. The van der Waals surface area contributed by atoms with Crippen molar-refractivity contribution in [2.45, 2.75) is 25.2 Å². The Hall–Kier alpha value is -3.53. The molecule has 162 valence electrons. The van der Waals surface area contributed by atoms with Crippen molar-refractivity contribution in [1.82, 2.24) is 9.78 Å². The second-order valence-electron chi connectivity index (χ2n) is 7.08. The number of carbonyl (C=O) groups is 1. The number of nitrogens with zero attached hydrogens (tertiary/aromatic N) is 2. The summed E-state index contributed by atoms with van der Waals surface area (Å²) in [6.45, 7) is 4.24. The van der Waals surface area contributed by atoms with E-state index in [4.69, 9.17) is 9.47 Å². The second-order valence-corrected chi connectivity index (χ2v) is 8.76. The molecular formula is C21H22N4O5S. The van der Waals surface area contributed by atoms with Crippen LogP contribution < -0.4 is 19.5 Å². The Labute approximate surface area is 180 Å². The summed E-state index contributed by atoms with van der Waals surface area (Å²) in [5, 5.41) is 7.10. The SMILES string of the molecule is CC(=O)Nc1cc(C)nn1-c1ccc(NS(=O)(=O)c2ccc3c(c2)OCCCO3)cc1. The van der Waals surface area contributed by atoms with Gasteiger partial charge in [0, 0.05) is 31.2 Å². The average Bonchev–Trinajstić information content (AvgIpc) is 2.93. The summed E-state index contributed by atoms with van der Waals surface area (Å²) in [4.78, 5) is 11.5. The largest absolute Gasteiger partial charge is 0.490 e. The summed E-state index contributed by atoms with van der Waals surface area (Å²) in [6.07, 6.45) is 0.737. The Morgan fingerprint density at radius 3 is 2.45 bits per heavy atom. The van der Waals surface area contributed by atoms with Crippen LogP contribution in [0.5, 0.6) is 11.5 Å². The highest BCUT2D eigenvalue weighted by Crippen LogP contribution is 2.32. The molecule has 0 atom stereocenters. The van der Waals surface area contributed by atoms with Gasteiger partial charge >= 0.3 is 0 Å². The molecule has 2 heterocycles. The number of carbonyl (C=O) groups excluding carboxylic acids is 1. The quantitative estimate of drug-likeness (QED) is 0.628. The molecule has 1 aromatic heterocycles. The first-order chi connectivity index (χ1) is 14.8. The molecule has 1 aliphatic rings. The normalized spacial score (nSPS) is 13.4. The van der Waals surface area contributed by atoms with Crippen molar-refractivity contribution in [3.05, 3.63) is 54.2 Å². The van der Waals surface area contributed by atoms with Crippen LogP contribution in [0.2, 0.25) is 0 Å². The number of hydrogen-bond acceptors (Lipinski definition) is 6. The third-order valence-corrected chi connectivity index (χ3v) is 5.91. The molecule has 0 aliphatic carbocycles.